The number of nitrogens with zero attached hydrogens (tertiary/aromatic N) is 3. The Morgan fingerprint density at radius 3 is 2.45 bits per heavy atom. The van der Waals surface area contributed by atoms with E-state index >= 15 is 0 Å². The maximum Gasteiger partial charge on any atom is 0.234 e. The van der Waals surface area contributed by atoms with E-state index in [0.29, 0.717) is 0 Å². The first-order valence-electron chi connectivity index (χ1n) is 8.01. The second-order valence-corrected chi connectivity index (χ2v) is 12.1. The molecule has 2 aromatic heterocycles. The topological polar surface area (TPSA) is 39.4 Å². The largest absolute Gasteiger partial charge is 0.416 e. The van der Waals surface area contributed by atoms with Gasteiger partial charge in [-0.2, -0.15) is 0 Å². The van der Waals surface area contributed by atoms with Crippen molar-refractivity contribution in [2.45, 2.75) is 58.2 Å². The average molecular weight is 384 g/mol. The Morgan fingerprint density at radius 1 is 1.23 bits per heavy atom. The first-order valence-corrected chi connectivity index (χ1v) is 11.3. The van der Waals surface area contributed by atoms with Crippen LogP contribution >= 0.6 is 15.9 Å². The summed E-state index contributed by atoms with van der Waals surface area (Å²) >= 11 is 3.47. The summed E-state index contributed by atoms with van der Waals surface area (Å²) in [6, 6.07) is 5.59. The molecule has 0 amide bonds. The second-order valence-electron chi connectivity index (χ2n) is 6.48. The highest BCUT2D eigenvalue weighted by atomic mass is 79.9. The Labute approximate surface area is 142 Å². The van der Waals surface area contributed by atoms with Crippen LogP contribution in [0.5, 0.6) is 0 Å². The molecule has 0 saturated heterocycles. The summed E-state index contributed by atoms with van der Waals surface area (Å²) in [5.41, 5.74) is 0.919. The molecule has 0 spiro atoms. The summed E-state index contributed by atoms with van der Waals surface area (Å²) in [6.45, 7) is 11.9. The van der Waals surface area contributed by atoms with E-state index < -0.39 is 8.32 Å². The molecule has 0 aliphatic heterocycles. The van der Waals surface area contributed by atoms with Gasteiger partial charge < -0.3 is 4.43 Å². The molecular weight excluding hydrogens is 358 g/mol. The second kappa shape index (κ2) is 6.80. The van der Waals surface area contributed by atoms with Gasteiger partial charge in [-0.3, -0.25) is 4.40 Å². The van der Waals surface area contributed by atoms with Crippen molar-refractivity contribution in [1.29, 1.82) is 0 Å². The minimum atomic E-state index is -1.57. The molecule has 0 saturated carbocycles. The molecule has 0 atom stereocenters. The van der Waals surface area contributed by atoms with Gasteiger partial charge in [-0.05, 0) is 40.1 Å². The summed E-state index contributed by atoms with van der Waals surface area (Å²) in [4.78, 5) is 9.03. The maximum absolute atomic E-state index is 6.48. The van der Waals surface area contributed by atoms with Crippen molar-refractivity contribution in [1.82, 2.24) is 14.4 Å². The molecule has 2 aromatic rings. The minimum absolute atomic E-state index is 0.113. The molecule has 0 aromatic carbocycles. The van der Waals surface area contributed by atoms with Crippen LogP contribution in [0.3, 0.4) is 0 Å². The monoisotopic (exact) mass is 383 g/mol. The van der Waals surface area contributed by atoms with Gasteiger partial charge in [0.25, 0.3) is 0 Å². The summed E-state index contributed by atoms with van der Waals surface area (Å²) in [5, 5.41) is 0. The Bertz CT molecular complexity index is 629. The average Bonchev–Trinajstić information content (AvgIpc) is 2.90. The molecule has 0 aliphatic carbocycles. The zero-order chi connectivity index (χ0) is 16.4. The molecule has 0 unspecified atom stereocenters. The smallest absolute Gasteiger partial charge is 0.234 e. The fourth-order valence-corrected chi connectivity index (χ4v) is 5.84. The molecule has 22 heavy (non-hydrogen) atoms. The predicted molar refractivity (Wildman–Crippen MR) is 96.9 cm³/mol. The van der Waals surface area contributed by atoms with Crippen molar-refractivity contribution in [2.75, 3.05) is 6.61 Å². The Kier molecular flexibility index (Phi) is 5.45. The fraction of sp³-hybridized carbons (Fsp3) is 0.625. The van der Waals surface area contributed by atoms with Gasteiger partial charge in [-0.15, -0.1) is 0 Å². The number of hydrogen-bond donors (Lipinski definition) is 0. The molecule has 0 N–H and O–H groups in total. The SMILES string of the molecule is CC[Si](CC)(CC)OCC(C)(C)c1ccn2c(Br)cnc2n1. The van der Waals surface area contributed by atoms with E-state index in [1.54, 1.807) is 6.20 Å². The molecule has 2 rings (SSSR count). The quantitative estimate of drug-likeness (QED) is 0.645. The van der Waals surface area contributed by atoms with Crippen LogP contribution in [-0.2, 0) is 9.84 Å². The van der Waals surface area contributed by atoms with Gasteiger partial charge in [0.2, 0.25) is 5.78 Å². The first kappa shape index (κ1) is 17.6. The molecule has 4 nitrogen and oxygen atoms in total. The van der Waals surface area contributed by atoms with E-state index in [1.807, 2.05) is 10.6 Å². The van der Waals surface area contributed by atoms with Crippen LogP contribution in [0.25, 0.3) is 5.78 Å². The molecule has 0 aliphatic rings. The van der Waals surface area contributed by atoms with Crippen LogP contribution < -0.4 is 0 Å². The zero-order valence-electron chi connectivity index (χ0n) is 14.2. The molecular formula is C16H26BrN3OSi. The highest BCUT2D eigenvalue weighted by molar-refractivity contribution is 9.10. The summed E-state index contributed by atoms with van der Waals surface area (Å²) in [7, 11) is -1.57. The lowest BCUT2D eigenvalue weighted by Crippen LogP contribution is -2.40. The third-order valence-electron chi connectivity index (χ3n) is 4.70. The third kappa shape index (κ3) is 3.44. The highest BCUT2D eigenvalue weighted by Gasteiger charge is 2.33. The number of hydrogen-bond acceptors (Lipinski definition) is 3. The molecule has 2 heterocycles. The van der Waals surface area contributed by atoms with Gasteiger partial charge in [0.1, 0.15) is 4.60 Å². The van der Waals surface area contributed by atoms with Crippen molar-refractivity contribution < 1.29 is 4.43 Å². The lowest BCUT2D eigenvalue weighted by atomic mass is 9.90. The van der Waals surface area contributed by atoms with Crippen LogP contribution in [0.1, 0.15) is 40.3 Å². The molecule has 0 radical (unpaired) electrons. The number of imidazole rings is 1. The van der Waals surface area contributed by atoms with E-state index in [4.69, 9.17) is 9.41 Å². The maximum atomic E-state index is 6.48. The fourth-order valence-electron chi connectivity index (χ4n) is 2.68. The zero-order valence-corrected chi connectivity index (χ0v) is 16.8. The lowest BCUT2D eigenvalue weighted by Gasteiger charge is -2.33. The summed E-state index contributed by atoms with van der Waals surface area (Å²) in [6.07, 6.45) is 3.79. The number of halogens is 1. The number of rotatable bonds is 7. The highest BCUT2D eigenvalue weighted by Crippen LogP contribution is 2.28. The van der Waals surface area contributed by atoms with Crippen molar-refractivity contribution in [2.24, 2.45) is 0 Å². The van der Waals surface area contributed by atoms with Gasteiger partial charge in [0.15, 0.2) is 8.32 Å². The Morgan fingerprint density at radius 2 is 1.86 bits per heavy atom. The predicted octanol–water partition coefficient (Wildman–Crippen LogP) is 4.79. The summed E-state index contributed by atoms with van der Waals surface area (Å²) < 4.78 is 9.33. The number of fused-ring (bicyclic) bond motifs is 1. The van der Waals surface area contributed by atoms with E-state index in [1.165, 1.54) is 18.1 Å². The van der Waals surface area contributed by atoms with E-state index in [-0.39, 0.29) is 5.41 Å². The van der Waals surface area contributed by atoms with Gasteiger partial charge >= 0.3 is 0 Å². The Balaban J connectivity index is 2.20. The Hall–Kier alpha value is -0.723. The first-order chi connectivity index (χ1) is 10.4. The van der Waals surface area contributed by atoms with Gasteiger partial charge in [-0.1, -0.05) is 34.6 Å². The minimum Gasteiger partial charge on any atom is -0.416 e. The molecule has 0 fully saturated rings. The van der Waals surface area contributed by atoms with Crippen LogP contribution in [0.15, 0.2) is 23.1 Å². The van der Waals surface area contributed by atoms with Crippen molar-refractivity contribution in [3.05, 3.63) is 28.8 Å². The van der Waals surface area contributed by atoms with Crippen LogP contribution in [0, 0.1) is 0 Å². The molecule has 6 heteroatoms. The van der Waals surface area contributed by atoms with Crippen LogP contribution in [0.4, 0.5) is 0 Å². The van der Waals surface area contributed by atoms with Gasteiger partial charge in [0.05, 0.1) is 11.9 Å². The van der Waals surface area contributed by atoms with E-state index in [2.05, 4.69) is 61.6 Å². The molecule has 122 valence electrons. The van der Waals surface area contributed by atoms with Crippen molar-refractivity contribution in [3.63, 3.8) is 0 Å². The normalized spacial score (nSPS) is 13.0. The molecule has 0 bridgehead atoms. The van der Waals surface area contributed by atoms with Crippen molar-refractivity contribution >= 4 is 30.0 Å². The van der Waals surface area contributed by atoms with Crippen LogP contribution in [0.2, 0.25) is 18.1 Å². The number of aromatic nitrogens is 3. The van der Waals surface area contributed by atoms with Crippen LogP contribution in [-0.4, -0.2) is 29.3 Å². The van der Waals surface area contributed by atoms with Gasteiger partial charge in [-0.25, -0.2) is 9.97 Å². The summed E-state index contributed by atoms with van der Waals surface area (Å²) in [5.74, 6) is 0.724. The lowest BCUT2D eigenvalue weighted by molar-refractivity contribution is 0.223. The van der Waals surface area contributed by atoms with Crippen molar-refractivity contribution in [3.8, 4) is 0 Å². The van der Waals surface area contributed by atoms with E-state index in [0.717, 1.165) is 22.7 Å². The third-order valence-corrected chi connectivity index (χ3v) is 9.91. The standard InChI is InChI=1S/C16H26BrN3OSi/c1-6-22(7-2,8-3)21-12-16(4,5)13-9-10-20-14(17)11-18-15(20)19-13/h9-11H,6-8,12H2,1-5H3. The van der Waals surface area contributed by atoms with Gasteiger partial charge in [0, 0.05) is 18.2 Å². The van der Waals surface area contributed by atoms with E-state index in [9.17, 15) is 0 Å².